The molecule has 0 aliphatic carbocycles. The summed E-state index contributed by atoms with van der Waals surface area (Å²) in [4.78, 5) is 0. The van der Waals surface area contributed by atoms with E-state index >= 15 is 0 Å². The van der Waals surface area contributed by atoms with E-state index in [-0.39, 0.29) is 0 Å². The molecule has 0 spiro atoms. The second kappa shape index (κ2) is 9.56. The SMILES string of the molecule is C=C/C(C)=C\O.CC. The van der Waals surface area contributed by atoms with Crippen LogP contribution in [0.5, 0.6) is 0 Å². The maximum atomic E-state index is 8.10. The summed E-state index contributed by atoms with van der Waals surface area (Å²) < 4.78 is 0. The van der Waals surface area contributed by atoms with Gasteiger partial charge in [-0.1, -0.05) is 26.5 Å². The van der Waals surface area contributed by atoms with Gasteiger partial charge < -0.3 is 5.11 Å². The monoisotopic (exact) mass is 114 g/mol. The number of hydrogen-bond donors (Lipinski definition) is 1. The largest absolute Gasteiger partial charge is 0.515 e. The maximum absolute atomic E-state index is 8.10. The van der Waals surface area contributed by atoms with Crippen molar-refractivity contribution in [1.29, 1.82) is 0 Å². The van der Waals surface area contributed by atoms with Gasteiger partial charge in [0.05, 0.1) is 6.26 Å². The zero-order chi connectivity index (χ0) is 6.99. The van der Waals surface area contributed by atoms with E-state index in [1.165, 1.54) is 0 Å². The Kier molecular flexibility index (Phi) is 12.3. The zero-order valence-corrected chi connectivity index (χ0v) is 5.81. The van der Waals surface area contributed by atoms with Crippen molar-refractivity contribution in [2.75, 3.05) is 0 Å². The Hall–Kier alpha value is -0.720. The molecule has 0 aliphatic rings. The Morgan fingerprint density at radius 2 is 1.88 bits per heavy atom. The van der Waals surface area contributed by atoms with Crippen molar-refractivity contribution in [3.8, 4) is 0 Å². The van der Waals surface area contributed by atoms with E-state index < -0.39 is 0 Å². The first-order valence-corrected chi connectivity index (χ1v) is 2.74. The molecule has 0 heterocycles. The van der Waals surface area contributed by atoms with Crippen molar-refractivity contribution in [2.24, 2.45) is 0 Å². The first kappa shape index (κ1) is 10.3. The molecule has 0 aromatic carbocycles. The fourth-order valence-electron chi connectivity index (χ4n) is 0.0527. The van der Waals surface area contributed by atoms with E-state index in [9.17, 15) is 0 Å². The first-order chi connectivity index (χ1) is 3.81. The number of aliphatic hydroxyl groups excluding tert-OH is 1. The minimum atomic E-state index is 0.787. The van der Waals surface area contributed by atoms with E-state index in [2.05, 4.69) is 6.58 Å². The van der Waals surface area contributed by atoms with Crippen LogP contribution in [0, 0.1) is 0 Å². The van der Waals surface area contributed by atoms with Crippen LogP contribution in [-0.2, 0) is 0 Å². The van der Waals surface area contributed by atoms with Crippen LogP contribution in [-0.4, -0.2) is 5.11 Å². The standard InChI is InChI=1S/C5H8O.C2H6/c1-3-5(2)4-6;1-2/h3-4,6H,1H2,2H3;1-2H3/b5-4-;. The molecule has 0 radical (unpaired) electrons. The molecule has 0 atom stereocenters. The van der Waals surface area contributed by atoms with Gasteiger partial charge in [-0.05, 0) is 12.5 Å². The molecule has 0 amide bonds. The van der Waals surface area contributed by atoms with Crippen molar-refractivity contribution in [3.05, 3.63) is 24.5 Å². The number of allylic oxidation sites excluding steroid dienone is 2. The highest BCUT2D eigenvalue weighted by Gasteiger charge is 1.68. The number of hydrogen-bond acceptors (Lipinski definition) is 1. The predicted octanol–water partition coefficient (Wildman–Crippen LogP) is 2.66. The van der Waals surface area contributed by atoms with Gasteiger partial charge in [-0.3, -0.25) is 0 Å². The summed E-state index contributed by atoms with van der Waals surface area (Å²) in [5.74, 6) is 0. The highest BCUT2D eigenvalue weighted by atomic mass is 16.2. The molecule has 0 bridgehead atoms. The van der Waals surface area contributed by atoms with Crippen molar-refractivity contribution in [2.45, 2.75) is 20.8 Å². The van der Waals surface area contributed by atoms with Crippen LogP contribution in [0.1, 0.15) is 20.8 Å². The quantitative estimate of drug-likeness (QED) is 0.410. The van der Waals surface area contributed by atoms with E-state index in [0.29, 0.717) is 0 Å². The van der Waals surface area contributed by atoms with Gasteiger partial charge in [0.25, 0.3) is 0 Å². The van der Waals surface area contributed by atoms with Gasteiger partial charge in [-0.15, -0.1) is 0 Å². The number of rotatable bonds is 1. The van der Waals surface area contributed by atoms with Gasteiger partial charge >= 0.3 is 0 Å². The lowest BCUT2D eigenvalue weighted by Crippen LogP contribution is -1.60. The number of aliphatic hydroxyl groups is 1. The summed E-state index contributed by atoms with van der Waals surface area (Å²) >= 11 is 0. The molecule has 48 valence electrons. The van der Waals surface area contributed by atoms with Gasteiger partial charge in [0.15, 0.2) is 0 Å². The fraction of sp³-hybridized carbons (Fsp3) is 0.429. The van der Waals surface area contributed by atoms with Gasteiger partial charge in [-0.2, -0.15) is 0 Å². The second-order valence-corrected chi connectivity index (χ2v) is 1.08. The third-order valence-corrected chi connectivity index (χ3v) is 0.526. The molecule has 0 saturated heterocycles. The fourth-order valence-corrected chi connectivity index (χ4v) is 0.0527. The van der Waals surface area contributed by atoms with Crippen molar-refractivity contribution >= 4 is 0 Å². The minimum absolute atomic E-state index is 0.787. The van der Waals surface area contributed by atoms with Crippen molar-refractivity contribution in [3.63, 3.8) is 0 Å². The van der Waals surface area contributed by atoms with Crippen molar-refractivity contribution in [1.82, 2.24) is 0 Å². The van der Waals surface area contributed by atoms with Crippen LogP contribution < -0.4 is 0 Å². The molecule has 0 aliphatic heterocycles. The normalized spacial score (nSPS) is 9.12. The van der Waals surface area contributed by atoms with Crippen LogP contribution in [0.2, 0.25) is 0 Å². The average molecular weight is 114 g/mol. The molecule has 0 aromatic rings. The van der Waals surface area contributed by atoms with Crippen LogP contribution >= 0.6 is 0 Å². The molecule has 0 unspecified atom stereocenters. The van der Waals surface area contributed by atoms with E-state index in [1.54, 1.807) is 13.0 Å². The van der Waals surface area contributed by atoms with E-state index in [4.69, 9.17) is 5.11 Å². The third-order valence-electron chi connectivity index (χ3n) is 0.526. The molecule has 0 saturated carbocycles. The highest BCUT2D eigenvalue weighted by molar-refractivity contribution is 5.08. The summed E-state index contributed by atoms with van der Waals surface area (Å²) in [6.07, 6.45) is 2.60. The van der Waals surface area contributed by atoms with Crippen LogP contribution in [0.4, 0.5) is 0 Å². The lowest BCUT2D eigenvalue weighted by atomic mass is 10.3. The van der Waals surface area contributed by atoms with Crippen molar-refractivity contribution < 1.29 is 5.11 Å². The third kappa shape index (κ3) is 8.99. The molecular formula is C7H14O. The highest BCUT2D eigenvalue weighted by Crippen LogP contribution is 1.86. The van der Waals surface area contributed by atoms with Gasteiger partial charge in [0.2, 0.25) is 0 Å². The zero-order valence-electron chi connectivity index (χ0n) is 5.81. The molecule has 1 N–H and O–H groups in total. The molecule has 0 aromatic heterocycles. The van der Waals surface area contributed by atoms with E-state index in [0.717, 1.165) is 11.8 Å². The Balaban J connectivity index is 0. The summed E-state index contributed by atoms with van der Waals surface area (Å²) in [5, 5.41) is 8.10. The Morgan fingerprint density at radius 1 is 1.50 bits per heavy atom. The smallest absolute Gasteiger partial charge is 0.0820 e. The van der Waals surface area contributed by atoms with Crippen LogP contribution in [0.15, 0.2) is 24.5 Å². The summed E-state index contributed by atoms with van der Waals surface area (Å²) in [6.45, 7) is 9.17. The summed E-state index contributed by atoms with van der Waals surface area (Å²) in [6, 6.07) is 0. The molecule has 1 nitrogen and oxygen atoms in total. The lowest BCUT2D eigenvalue weighted by Gasteiger charge is -1.77. The second-order valence-electron chi connectivity index (χ2n) is 1.08. The topological polar surface area (TPSA) is 20.2 Å². The maximum Gasteiger partial charge on any atom is 0.0820 e. The van der Waals surface area contributed by atoms with Gasteiger partial charge in [-0.25, -0.2) is 0 Å². The molecule has 0 rings (SSSR count). The Morgan fingerprint density at radius 3 is 1.88 bits per heavy atom. The lowest BCUT2D eigenvalue weighted by molar-refractivity contribution is 0.469. The van der Waals surface area contributed by atoms with E-state index in [1.807, 2.05) is 13.8 Å². The molecule has 1 heteroatoms. The van der Waals surface area contributed by atoms with Crippen LogP contribution in [0.3, 0.4) is 0 Å². The first-order valence-electron chi connectivity index (χ1n) is 2.74. The van der Waals surface area contributed by atoms with Crippen LogP contribution in [0.25, 0.3) is 0 Å². The predicted molar refractivity (Wildman–Crippen MR) is 37.9 cm³/mol. The molecular weight excluding hydrogens is 100 g/mol. The Labute approximate surface area is 51.3 Å². The summed E-state index contributed by atoms with van der Waals surface area (Å²) in [5.41, 5.74) is 0.787. The summed E-state index contributed by atoms with van der Waals surface area (Å²) in [7, 11) is 0. The Bertz CT molecular complexity index is 72.5. The van der Waals surface area contributed by atoms with Gasteiger partial charge in [0, 0.05) is 0 Å². The van der Waals surface area contributed by atoms with Gasteiger partial charge in [0.1, 0.15) is 0 Å². The molecule has 0 fully saturated rings. The minimum Gasteiger partial charge on any atom is -0.515 e. The molecule has 8 heavy (non-hydrogen) atoms. The average Bonchev–Trinajstić information content (AvgIpc) is 1.91.